The molecule has 0 radical (unpaired) electrons. The Bertz CT molecular complexity index is 618. The summed E-state index contributed by atoms with van der Waals surface area (Å²) in [7, 11) is 0. The minimum Gasteiger partial charge on any atom is -0.508 e. The molecule has 0 amide bonds. The summed E-state index contributed by atoms with van der Waals surface area (Å²) in [5, 5.41) is 19.6. The van der Waals surface area contributed by atoms with E-state index >= 15 is 0 Å². The first kappa shape index (κ1) is 14.8. The molecule has 0 saturated heterocycles. The maximum Gasteiger partial charge on any atom is 0.121 e. The quantitative estimate of drug-likeness (QED) is 0.791. The number of aryl methyl sites for hydroxylation is 1. The fraction of sp³-hybridized carbons (Fsp3) is 0.294. The molecule has 0 spiro atoms. The zero-order chi connectivity index (χ0) is 14.9. The number of hydrogen-bond donors (Lipinski definition) is 2. The van der Waals surface area contributed by atoms with E-state index in [4.69, 9.17) is 0 Å². The summed E-state index contributed by atoms with van der Waals surface area (Å²) < 4.78 is 0. The number of rotatable bonds is 3. The summed E-state index contributed by atoms with van der Waals surface area (Å²) in [4.78, 5) is 1.19. The van der Waals surface area contributed by atoms with Gasteiger partial charge >= 0.3 is 0 Å². The van der Waals surface area contributed by atoms with Crippen molar-refractivity contribution < 1.29 is 10.2 Å². The second kappa shape index (κ2) is 5.80. The maximum atomic E-state index is 9.96. The Kier molecular flexibility index (Phi) is 4.29. The summed E-state index contributed by atoms with van der Waals surface area (Å²) in [6.07, 6.45) is 0. The van der Waals surface area contributed by atoms with E-state index in [1.165, 1.54) is 10.5 Å². The van der Waals surface area contributed by atoms with Crippen LogP contribution >= 0.6 is 11.8 Å². The van der Waals surface area contributed by atoms with E-state index in [9.17, 15) is 10.2 Å². The molecule has 2 aromatic rings. The van der Waals surface area contributed by atoms with Gasteiger partial charge < -0.3 is 10.2 Å². The molecule has 0 saturated carbocycles. The number of phenolic OH excluding ortho intramolecular Hbond substituents is 2. The zero-order valence-electron chi connectivity index (χ0n) is 12.3. The number of hydrogen-bond acceptors (Lipinski definition) is 3. The van der Waals surface area contributed by atoms with Gasteiger partial charge in [0.05, 0.1) is 0 Å². The van der Waals surface area contributed by atoms with Crippen LogP contribution in [0.4, 0.5) is 0 Å². The van der Waals surface area contributed by atoms with Gasteiger partial charge in [0.15, 0.2) is 0 Å². The molecule has 0 aliphatic heterocycles. The fourth-order valence-corrected chi connectivity index (χ4v) is 3.41. The fourth-order valence-electron chi connectivity index (χ4n) is 2.16. The zero-order valence-corrected chi connectivity index (χ0v) is 13.1. The van der Waals surface area contributed by atoms with Crippen LogP contribution < -0.4 is 0 Å². The lowest BCUT2D eigenvalue weighted by Crippen LogP contribution is -1.93. The van der Waals surface area contributed by atoms with Crippen molar-refractivity contribution >= 4 is 11.8 Å². The first-order valence-electron chi connectivity index (χ1n) is 6.65. The Balaban J connectivity index is 2.28. The summed E-state index contributed by atoms with van der Waals surface area (Å²) in [5.41, 5.74) is 4.17. The van der Waals surface area contributed by atoms with E-state index in [1.807, 2.05) is 39.0 Å². The molecular weight excluding hydrogens is 268 g/mol. The molecule has 20 heavy (non-hydrogen) atoms. The van der Waals surface area contributed by atoms with Crippen LogP contribution in [-0.4, -0.2) is 10.2 Å². The molecule has 2 nitrogen and oxygen atoms in total. The second-order valence-electron chi connectivity index (χ2n) is 5.14. The predicted octanol–water partition coefficient (Wildman–Crippen LogP) is 4.88. The third-order valence-corrected chi connectivity index (χ3v) is 4.98. The average Bonchev–Trinajstić information content (AvgIpc) is 2.43. The summed E-state index contributed by atoms with van der Waals surface area (Å²) in [6.45, 7) is 8.07. The molecule has 0 aliphatic rings. The van der Waals surface area contributed by atoms with Crippen LogP contribution in [0.3, 0.4) is 0 Å². The number of benzene rings is 2. The maximum absolute atomic E-state index is 9.96. The molecule has 0 heterocycles. The van der Waals surface area contributed by atoms with Crippen molar-refractivity contribution in [2.75, 3.05) is 0 Å². The lowest BCUT2D eigenvalue weighted by molar-refractivity contribution is 0.465. The van der Waals surface area contributed by atoms with Crippen molar-refractivity contribution in [2.24, 2.45) is 0 Å². The number of thioether (sulfide) groups is 1. The van der Waals surface area contributed by atoms with Gasteiger partial charge in [0.2, 0.25) is 0 Å². The summed E-state index contributed by atoms with van der Waals surface area (Å²) in [5.74, 6) is 0.683. The predicted molar refractivity (Wildman–Crippen MR) is 84.7 cm³/mol. The molecule has 1 atom stereocenters. The molecule has 0 fully saturated rings. The van der Waals surface area contributed by atoms with E-state index < -0.39 is 0 Å². The van der Waals surface area contributed by atoms with Crippen molar-refractivity contribution in [3.05, 3.63) is 52.6 Å². The van der Waals surface area contributed by atoms with Gasteiger partial charge in [-0.3, -0.25) is 0 Å². The van der Waals surface area contributed by atoms with Gasteiger partial charge in [0.1, 0.15) is 11.5 Å². The van der Waals surface area contributed by atoms with Crippen LogP contribution in [0.1, 0.15) is 34.4 Å². The van der Waals surface area contributed by atoms with Crippen molar-refractivity contribution in [1.82, 2.24) is 0 Å². The van der Waals surface area contributed by atoms with Gasteiger partial charge in [0.25, 0.3) is 0 Å². The molecule has 0 aromatic heterocycles. The van der Waals surface area contributed by atoms with Crippen molar-refractivity contribution in [2.45, 2.75) is 37.8 Å². The van der Waals surface area contributed by atoms with Gasteiger partial charge in [-0.05, 0) is 68.1 Å². The molecular formula is C17H20O2S. The standard InChI is InChI=1S/C17H20O2S/c1-10-9-16(11(2)12(3)17(10)19)20-13(4)14-5-7-15(18)8-6-14/h5-9,13,18-19H,1-4H3. The van der Waals surface area contributed by atoms with E-state index in [-0.39, 0.29) is 5.25 Å². The lowest BCUT2D eigenvalue weighted by atomic mass is 10.1. The highest BCUT2D eigenvalue weighted by molar-refractivity contribution is 7.99. The van der Waals surface area contributed by atoms with E-state index in [1.54, 1.807) is 23.9 Å². The Morgan fingerprint density at radius 3 is 2.15 bits per heavy atom. The second-order valence-corrected chi connectivity index (χ2v) is 6.52. The van der Waals surface area contributed by atoms with Crippen molar-refractivity contribution in [3.63, 3.8) is 0 Å². The summed E-state index contributed by atoms with van der Waals surface area (Å²) in [6, 6.07) is 9.36. The topological polar surface area (TPSA) is 40.5 Å². The van der Waals surface area contributed by atoms with Crippen LogP contribution in [0.2, 0.25) is 0 Å². The van der Waals surface area contributed by atoms with Crippen molar-refractivity contribution in [1.29, 1.82) is 0 Å². The highest BCUT2D eigenvalue weighted by Crippen LogP contribution is 2.40. The minimum absolute atomic E-state index is 0.289. The molecule has 0 bridgehead atoms. The van der Waals surface area contributed by atoms with E-state index in [0.717, 1.165) is 16.7 Å². The average molecular weight is 288 g/mol. The molecule has 2 rings (SSSR count). The normalized spacial score (nSPS) is 12.4. The van der Waals surface area contributed by atoms with Gasteiger partial charge in [-0.25, -0.2) is 0 Å². The smallest absolute Gasteiger partial charge is 0.121 e. The van der Waals surface area contributed by atoms with Gasteiger partial charge in [-0.1, -0.05) is 12.1 Å². The summed E-state index contributed by atoms with van der Waals surface area (Å²) >= 11 is 1.77. The Labute approximate surface area is 124 Å². The monoisotopic (exact) mass is 288 g/mol. The largest absolute Gasteiger partial charge is 0.508 e. The van der Waals surface area contributed by atoms with Gasteiger partial charge in [-0.15, -0.1) is 11.8 Å². The van der Waals surface area contributed by atoms with Crippen LogP contribution in [0.15, 0.2) is 35.2 Å². The Hall–Kier alpha value is -1.61. The number of aromatic hydroxyl groups is 2. The van der Waals surface area contributed by atoms with Crippen LogP contribution in [-0.2, 0) is 0 Å². The minimum atomic E-state index is 0.289. The van der Waals surface area contributed by atoms with Crippen LogP contribution in [0, 0.1) is 20.8 Å². The highest BCUT2D eigenvalue weighted by Gasteiger charge is 2.13. The first-order chi connectivity index (χ1) is 9.40. The van der Waals surface area contributed by atoms with E-state index in [0.29, 0.717) is 11.5 Å². The van der Waals surface area contributed by atoms with Crippen LogP contribution in [0.25, 0.3) is 0 Å². The highest BCUT2D eigenvalue weighted by atomic mass is 32.2. The lowest BCUT2D eigenvalue weighted by Gasteiger charge is -2.17. The first-order valence-corrected chi connectivity index (χ1v) is 7.53. The SMILES string of the molecule is Cc1cc(SC(C)c2ccc(O)cc2)c(C)c(C)c1O. The van der Waals surface area contributed by atoms with Crippen molar-refractivity contribution in [3.8, 4) is 11.5 Å². The third kappa shape index (κ3) is 2.93. The Morgan fingerprint density at radius 2 is 1.55 bits per heavy atom. The number of phenols is 2. The van der Waals surface area contributed by atoms with Gasteiger partial charge in [0, 0.05) is 10.1 Å². The molecule has 2 aromatic carbocycles. The molecule has 106 valence electrons. The van der Waals surface area contributed by atoms with Crippen LogP contribution in [0.5, 0.6) is 11.5 Å². The van der Waals surface area contributed by atoms with Gasteiger partial charge in [-0.2, -0.15) is 0 Å². The van der Waals surface area contributed by atoms with E-state index in [2.05, 4.69) is 6.92 Å². The Morgan fingerprint density at radius 1 is 0.950 bits per heavy atom. The third-order valence-electron chi connectivity index (χ3n) is 3.67. The molecule has 2 N–H and O–H groups in total. The molecule has 3 heteroatoms. The molecule has 1 unspecified atom stereocenters. The molecule has 0 aliphatic carbocycles.